The lowest BCUT2D eigenvalue weighted by Crippen LogP contribution is -2.40. The largest absolute Gasteiger partial charge is 0.383 e. The van der Waals surface area contributed by atoms with E-state index in [0.717, 1.165) is 18.9 Å². The van der Waals surface area contributed by atoms with E-state index in [1.165, 1.54) is 11.1 Å². The molecule has 1 unspecified atom stereocenters. The molecule has 2 N–H and O–H groups in total. The Bertz CT molecular complexity index is 432. The van der Waals surface area contributed by atoms with Gasteiger partial charge in [-0.2, -0.15) is 0 Å². The molecular weight excluding hydrogens is 389 g/mol. The third-order valence-electron chi connectivity index (χ3n) is 3.30. The van der Waals surface area contributed by atoms with Crippen molar-refractivity contribution in [3.63, 3.8) is 0 Å². The second-order valence-electron chi connectivity index (χ2n) is 5.70. The second-order valence-corrected chi connectivity index (χ2v) is 5.70. The van der Waals surface area contributed by atoms with Crippen LogP contribution in [0.4, 0.5) is 0 Å². The summed E-state index contributed by atoms with van der Waals surface area (Å²) in [6.07, 6.45) is 1.13. The van der Waals surface area contributed by atoms with E-state index in [2.05, 4.69) is 60.7 Å². The van der Waals surface area contributed by atoms with Gasteiger partial charge in [-0.1, -0.05) is 38.1 Å². The van der Waals surface area contributed by atoms with Crippen molar-refractivity contribution in [2.45, 2.75) is 33.2 Å². The topological polar surface area (TPSA) is 45.7 Å². The summed E-state index contributed by atoms with van der Waals surface area (Å²) in [4.78, 5) is 4.22. The number of halogens is 1. The van der Waals surface area contributed by atoms with Crippen molar-refractivity contribution in [1.82, 2.24) is 10.6 Å². The molecule has 22 heavy (non-hydrogen) atoms. The Morgan fingerprint density at radius 2 is 1.82 bits per heavy atom. The van der Waals surface area contributed by atoms with Crippen molar-refractivity contribution in [2.24, 2.45) is 10.9 Å². The zero-order chi connectivity index (χ0) is 15.7. The van der Waals surface area contributed by atoms with Gasteiger partial charge >= 0.3 is 0 Å². The predicted octanol–water partition coefficient (Wildman–Crippen LogP) is 3.38. The standard InChI is InChI=1S/C17H29N3O.HI/c1-13(2)12-15-6-8-16(9-7-15)14(3)20-17(18-4)19-10-11-21-5;/h6-9,13-14H,10-12H2,1-5H3,(H2,18,19,20);1H. The highest BCUT2D eigenvalue weighted by molar-refractivity contribution is 14.0. The van der Waals surface area contributed by atoms with Crippen molar-refractivity contribution in [3.05, 3.63) is 35.4 Å². The zero-order valence-corrected chi connectivity index (χ0v) is 16.7. The van der Waals surface area contributed by atoms with E-state index in [9.17, 15) is 0 Å². The molecule has 0 aliphatic rings. The first-order valence-electron chi connectivity index (χ1n) is 7.61. The summed E-state index contributed by atoms with van der Waals surface area (Å²) in [7, 11) is 3.47. The van der Waals surface area contributed by atoms with E-state index in [1.54, 1.807) is 14.2 Å². The van der Waals surface area contributed by atoms with E-state index >= 15 is 0 Å². The minimum Gasteiger partial charge on any atom is -0.383 e. The fraction of sp³-hybridized carbons (Fsp3) is 0.588. The van der Waals surface area contributed by atoms with Crippen LogP contribution < -0.4 is 10.6 Å². The van der Waals surface area contributed by atoms with Crippen LogP contribution in [0.3, 0.4) is 0 Å². The molecule has 0 amide bonds. The molecule has 0 aliphatic carbocycles. The Morgan fingerprint density at radius 1 is 1.18 bits per heavy atom. The molecule has 1 atom stereocenters. The van der Waals surface area contributed by atoms with Crippen LogP contribution in [0.2, 0.25) is 0 Å². The Labute approximate surface area is 152 Å². The molecule has 0 bridgehead atoms. The van der Waals surface area contributed by atoms with Crippen LogP contribution in [0, 0.1) is 5.92 Å². The monoisotopic (exact) mass is 419 g/mol. The molecule has 0 spiro atoms. The number of rotatable bonds is 7. The van der Waals surface area contributed by atoms with Gasteiger partial charge in [0.1, 0.15) is 0 Å². The van der Waals surface area contributed by atoms with Gasteiger partial charge in [-0.25, -0.2) is 0 Å². The number of nitrogens with zero attached hydrogens (tertiary/aromatic N) is 1. The van der Waals surface area contributed by atoms with E-state index in [1.807, 2.05) is 0 Å². The van der Waals surface area contributed by atoms with Gasteiger partial charge in [0.15, 0.2) is 5.96 Å². The molecule has 0 radical (unpaired) electrons. The summed E-state index contributed by atoms with van der Waals surface area (Å²) in [5.41, 5.74) is 2.65. The minimum absolute atomic E-state index is 0. The van der Waals surface area contributed by atoms with E-state index < -0.39 is 0 Å². The fourth-order valence-corrected chi connectivity index (χ4v) is 2.17. The molecule has 0 aliphatic heterocycles. The van der Waals surface area contributed by atoms with Gasteiger partial charge in [-0.3, -0.25) is 4.99 Å². The van der Waals surface area contributed by atoms with Crippen LogP contribution >= 0.6 is 24.0 Å². The number of aliphatic imine (C=N–C) groups is 1. The van der Waals surface area contributed by atoms with Crippen LogP contribution in [0.25, 0.3) is 0 Å². The third-order valence-corrected chi connectivity index (χ3v) is 3.30. The van der Waals surface area contributed by atoms with Gasteiger partial charge in [-0.15, -0.1) is 24.0 Å². The fourth-order valence-electron chi connectivity index (χ4n) is 2.17. The number of methoxy groups -OCH3 is 1. The molecular formula is C17H30IN3O. The van der Waals surface area contributed by atoms with E-state index in [-0.39, 0.29) is 30.0 Å². The Kier molecular flexibility index (Phi) is 11.3. The zero-order valence-electron chi connectivity index (χ0n) is 14.3. The lowest BCUT2D eigenvalue weighted by atomic mass is 10.00. The van der Waals surface area contributed by atoms with Crippen molar-refractivity contribution in [3.8, 4) is 0 Å². The molecule has 0 saturated heterocycles. The Hall–Kier alpha value is -0.820. The summed E-state index contributed by atoms with van der Waals surface area (Å²) in [6.45, 7) is 8.04. The lowest BCUT2D eigenvalue weighted by Gasteiger charge is -2.18. The molecule has 1 aromatic rings. The SMILES string of the molecule is CN=C(NCCOC)NC(C)c1ccc(CC(C)C)cc1.I. The summed E-state index contributed by atoms with van der Waals surface area (Å²) < 4.78 is 5.03. The number of guanidine groups is 1. The highest BCUT2D eigenvalue weighted by Crippen LogP contribution is 2.15. The number of ether oxygens (including phenoxy) is 1. The molecule has 0 heterocycles. The highest BCUT2D eigenvalue weighted by Gasteiger charge is 2.07. The van der Waals surface area contributed by atoms with Crippen molar-refractivity contribution in [2.75, 3.05) is 27.3 Å². The highest BCUT2D eigenvalue weighted by atomic mass is 127. The molecule has 1 aromatic carbocycles. The first-order chi connectivity index (χ1) is 10.1. The van der Waals surface area contributed by atoms with Crippen LogP contribution in [0.5, 0.6) is 0 Å². The summed E-state index contributed by atoms with van der Waals surface area (Å²) in [6, 6.07) is 9.03. The van der Waals surface area contributed by atoms with E-state index in [4.69, 9.17) is 4.74 Å². The molecule has 0 fully saturated rings. The van der Waals surface area contributed by atoms with Gasteiger partial charge < -0.3 is 15.4 Å². The normalized spacial score (nSPS) is 12.7. The second kappa shape index (κ2) is 11.7. The lowest BCUT2D eigenvalue weighted by molar-refractivity contribution is 0.203. The minimum atomic E-state index is 0. The number of hydrogen-bond acceptors (Lipinski definition) is 2. The van der Waals surface area contributed by atoms with Gasteiger partial charge in [0, 0.05) is 20.7 Å². The summed E-state index contributed by atoms with van der Waals surface area (Å²) >= 11 is 0. The average Bonchev–Trinajstić information content (AvgIpc) is 2.46. The van der Waals surface area contributed by atoms with Gasteiger partial charge in [-0.05, 0) is 30.4 Å². The molecule has 0 saturated carbocycles. The summed E-state index contributed by atoms with van der Waals surface area (Å²) in [5, 5.41) is 6.61. The van der Waals surface area contributed by atoms with Crippen molar-refractivity contribution in [1.29, 1.82) is 0 Å². The Morgan fingerprint density at radius 3 is 2.32 bits per heavy atom. The van der Waals surface area contributed by atoms with Gasteiger partial charge in [0.25, 0.3) is 0 Å². The average molecular weight is 419 g/mol. The van der Waals surface area contributed by atoms with Crippen LogP contribution in [0.15, 0.2) is 29.3 Å². The molecule has 1 rings (SSSR count). The number of hydrogen-bond donors (Lipinski definition) is 2. The van der Waals surface area contributed by atoms with Gasteiger partial charge in [0.2, 0.25) is 0 Å². The molecule has 4 nitrogen and oxygen atoms in total. The van der Waals surface area contributed by atoms with E-state index in [0.29, 0.717) is 12.5 Å². The molecule has 126 valence electrons. The maximum atomic E-state index is 5.03. The first kappa shape index (κ1) is 21.2. The number of nitrogens with one attached hydrogen (secondary N) is 2. The number of benzene rings is 1. The maximum Gasteiger partial charge on any atom is 0.191 e. The quantitative estimate of drug-likeness (QED) is 0.308. The summed E-state index contributed by atoms with van der Waals surface area (Å²) in [5.74, 6) is 1.49. The van der Waals surface area contributed by atoms with Crippen LogP contribution in [-0.4, -0.2) is 33.3 Å². The van der Waals surface area contributed by atoms with Crippen molar-refractivity contribution < 1.29 is 4.74 Å². The third kappa shape index (κ3) is 7.98. The smallest absolute Gasteiger partial charge is 0.191 e. The maximum absolute atomic E-state index is 5.03. The predicted molar refractivity (Wildman–Crippen MR) is 105 cm³/mol. The molecule has 5 heteroatoms. The Balaban J connectivity index is 0.00000441. The first-order valence-corrected chi connectivity index (χ1v) is 7.61. The van der Waals surface area contributed by atoms with Crippen LogP contribution in [0.1, 0.15) is 37.9 Å². The van der Waals surface area contributed by atoms with Crippen LogP contribution in [-0.2, 0) is 11.2 Å². The molecule has 0 aromatic heterocycles. The van der Waals surface area contributed by atoms with Crippen molar-refractivity contribution >= 4 is 29.9 Å². The van der Waals surface area contributed by atoms with Gasteiger partial charge in [0.05, 0.1) is 12.6 Å².